The normalized spacial score (nSPS) is 1.50. The molecule has 0 heterocycles. The zero-order valence-corrected chi connectivity index (χ0v) is 5.81. The fraction of sp³-hybridized carbons (Fsp3) is 0. The summed E-state index contributed by atoms with van der Waals surface area (Å²) >= 11 is 2.41. The van der Waals surface area contributed by atoms with Gasteiger partial charge < -0.3 is 0 Å². The van der Waals surface area contributed by atoms with Crippen LogP contribution in [0.1, 0.15) is 0 Å². The molecule has 4 heteroatoms. The molecule has 2 radical (unpaired) electrons. The van der Waals surface area contributed by atoms with Gasteiger partial charge in [0.15, 0.2) is 0 Å². The van der Waals surface area contributed by atoms with Crippen LogP contribution in [0.25, 0.3) is 0 Å². The van der Waals surface area contributed by atoms with Crippen LogP contribution in [-0.4, -0.2) is 0 Å². The van der Waals surface area contributed by atoms with Gasteiger partial charge in [-0.3, -0.25) is 0 Å². The molecule has 0 aliphatic carbocycles. The first-order valence-electron chi connectivity index (χ1n) is 0.143. The third-order valence-electron chi connectivity index (χ3n) is 0. The van der Waals surface area contributed by atoms with Crippen molar-refractivity contribution in [1.29, 1.82) is 0 Å². The van der Waals surface area contributed by atoms with E-state index in [1.165, 1.54) is 0 Å². The summed E-state index contributed by atoms with van der Waals surface area (Å²) in [6, 6.07) is 0. The molecular formula is ClMn3. The molecule has 0 atom stereocenters. The molecule has 0 aromatic heterocycles. The minimum absolute atomic E-state index is 0. The van der Waals surface area contributed by atoms with Crippen molar-refractivity contribution in [3.63, 3.8) is 0 Å². The maximum Gasteiger partial charge on any atom is 0 e. The summed E-state index contributed by atoms with van der Waals surface area (Å²) in [5.74, 6) is 0. The molecule has 4 heavy (non-hydrogen) atoms. The van der Waals surface area contributed by atoms with E-state index < -0.39 is 0 Å². The monoisotopic (exact) mass is 200 g/mol. The van der Waals surface area contributed by atoms with Gasteiger partial charge in [0.05, 0.1) is 0 Å². The summed E-state index contributed by atoms with van der Waals surface area (Å²) in [6.45, 7) is 0. The van der Waals surface area contributed by atoms with Gasteiger partial charge in [0.1, 0.15) is 0 Å². The molecule has 0 nitrogen and oxygen atoms in total. The van der Waals surface area contributed by atoms with Crippen molar-refractivity contribution in [2.75, 3.05) is 0 Å². The summed E-state index contributed by atoms with van der Waals surface area (Å²) in [6.07, 6.45) is 0. The molecule has 0 aliphatic heterocycles. The van der Waals surface area contributed by atoms with Crippen LogP contribution < -0.4 is 0 Å². The first-order valence-corrected chi connectivity index (χ1v) is 1.77. The molecule has 0 aromatic rings. The SMILES string of the molecule is [Cl][Mn].[Mn].[Mn]. The Labute approximate surface area is 59.0 Å². The molecule has 0 bridgehead atoms. The Morgan fingerprint density at radius 1 is 1.00 bits per heavy atom. The van der Waals surface area contributed by atoms with E-state index in [-0.39, 0.29) is 34.1 Å². The van der Waals surface area contributed by atoms with Crippen molar-refractivity contribution in [3.8, 4) is 0 Å². The Balaban J connectivity index is -0.00000000500. The number of halogens is 1. The van der Waals surface area contributed by atoms with Gasteiger partial charge in [0.2, 0.25) is 0 Å². The first kappa shape index (κ1) is 16.9. The molecule has 0 rings (SSSR count). The summed E-state index contributed by atoms with van der Waals surface area (Å²) in [5, 5.41) is 0. The molecule has 0 amide bonds. The van der Waals surface area contributed by atoms with Gasteiger partial charge >= 0.3 is 25.2 Å². The molecule has 0 fully saturated rings. The molecule has 0 saturated carbocycles. The van der Waals surface area contributed by atoms with Gasteiger partial charge in [-0.15, -0.1) is 0 Å². The maximum atomic E-state index is 4.45. The smallest absolute Gasteiger partial charge is 0 e. The van der Waals surface area contributed by atoms with Crippen LogP contribution in [0, 0.1) is 0 Å². The summed E-state index contributed by atoms with van der Waals surface area (Å²) in [7, 11) is 4.45. The second kappa shape index (κ2) is 21.0. The quantitative estimate of drug-likeness (QED) is 0.504. The zero-order chi connectivity index (χ0) is 2.00. The predicted octanol–water partition coefficient (Wildman–Crippen LogP) is 0.682. The average Bonchev–Trinajstić information content (AvgIpc) is 1.00. The average molecular weight is 200 g/mol. The van der Waals surface area contributed by atoms with Crippen LogP contribution >= 0.6 is 10.1 Å². The van der Waals surface area contributed by atoms with Gasteiger partial charge in [-0.2, -0.15) is 0 Å². The van der Waals surface area contributed by atoms with E-state index in [2.05, 4.69) is 25.2 Å². The molecule has 0 aromatic carbocycles. The van der Waals surface area contributed by atoms with Gasteiger partial charge in [0.25, 0.3) is 0 Å². The van der Waals surface area contributed by atoms with Crippen LogP contribution in [-0.2, 0) is 49.2 Å². The fourth-order valence-corrected chi connectivity index (χ4v) is 0. The van der Waals surface area contributed by atoms with Crippen molar-refractivity contribution < 1.29 is 49.2 Å². The predicted molar refractivity (Wildman–Crippen MR) is 5.85 cm³/mol. The van der Waals surface area contributed by atoms with Crippen molar-refractivity contribution in [2.45, 2.75) is 0 Å². The Hall–Kier alpha value is 1.85. The largest absolute Gasteiger partial charge is 0 e. The maximum absolute atomic E-state index is 4.45. The van der Waals surface area contributed by atoms with E-state index >= 15 is 0 Å². The second-order valence-corrected chi connectivity index (χ2v) is 0. The van der Waals surface area contributed by atoms with Crippen molar-refractivity contribution in [2.24, 2.45) is 0 Å². The summed E-state index contributed by atoms with van der Waals surface area (Å²) < 4.78 is 0. The number of hydrogen-bond donors (Lipinski definition) is 0. The van der Waals surface area contributed by atoms with Crippen LogP contribution in [0.3, 0.4) is 0 Å². The van der Waals surface area contributed by atoms with E-state index in [1.807, 2.05) is 0 Å². The first-order chi connectivity index (χ1) is 1.00. The van der Waals surface area contributed by atoms with E-state index in [1.54, 1.807) is 0 Å². The molecule has 28 valence electrons. The molecule has 0 saturated heterocycles. The Bertz CT molecular complexity index is 3.25. The van der Waals surface area contributed by atoms with Gasteiger partial charge in [-0.1, -0.05) is 0 Å². The standard InChI is InChI=1S/ClH.3Mn/h1H;;;/q;;;+1/p-1. The molecular weight excluding hydrogens is 200 g/mol. The van der Waals surface area contributed by atoms with Gasteiger partial charge in [-0.25, -0.2) is 0 Å². The Kier molecular flexibility index (Phi) is 89.0. The van der Waals surface area contributed by atoms with Crippen molar-refractivity contribution >= 4 is 10.1 Å². The summed E-state index contributed by atoms with van der Waals surface area (Å²) in [4.78, 5) is 0. The van der Waals surface area contributed by atoms with E-state index in [4.69, 9.17) is 0 Å². The minimum atomic E-state index is 0. The van der Waals surface area contributed by atoms with E-state index in [0.717, 1.165) is 0 Å². The van der Waals surface area contributed by atoms with Crippen LogP contribution in [0.5, 0.6) is 0 Å². The minimum Gasteiger partial charge on any atom is 0 e. The van der Waals surface area contributed by atoms with Crippen molar-refractivity contribution in [3.05, 3.63) is 0 Å². The van der Waals surface area contributed by atoms with Crippen LogP contribution in [0.2, 0.25) is 0 Å². The van der Waals surface area contributed by atoms with E-state index in [0.29, 0.717) is 0 Å². The molecule has 0 N–H and O–H groups in total. The summed E-state index contributed by atoms with van der Waals surface area (Å²) in [5.41, 5.74) is 0. The second-order valence-electron chi connectivity index (χ2n) is 0. The zero-order valence-electron chi connectivity index (χ0n) is 1.51. The van der Waals surface area contributed by atoms with Crippen molar-refractivity contribution in [1.82, 2.24) is 0 Å². The van der Waals surface area contributed by atoms with Crippen LogP contribution in [0.15, 0.2) is 0 Å². The van der Waals surface area contributed by atoms with E-state index in [9.17, 15) is 0 Å². The third kappa shape index (κ3) is 9.14. The van der Waals surface area contributed by atoms with Gasteiger partial charge in [-0.05, 0) is 0 Å². The van der Waals surface area contributed by atoms with Crippen LogP contribution in [0.4, 0.5) is 0 Å². The number of rotatable bonds is 0. The fourth-order valence-electron chi connectivity index (χ4n) is 0. The molecule has 0 unspecified atom stereocenters. The Morgan fingerprint density at radius 2 is 1.00 bits per heavy atom. The third-order valence-corrected chi connectivity index (χ3v) is 0. The molecule has 0 spiro atoms. The Morgan fingerprint density at radius 3 is 1.00 bits per heavy atom. The number of hydrogen-bond acceptors (Lipinski definition) is 0. The van der Waals surface area contributed by atoms with Gasteiger partial charge in [0, 0.05) is 34.1 Å². The topological polar surface area (TPSA) is 0 Å². The molecule has 0 aliphatic rings.